The van der Waals surface area contributed by atoms with Crippen LogP contribution in [0.2, 0.25) is 0 Å². The molecule has 2 atom stereocenters. The van der Waals surface area contributed by atoms with Crippen LogP contribution in [0.15, 0.2) is 55.0 Å². The van der Waals surface area contributed by atoms with Crippen LogP contribution < -0.4 is 4.74 Å². The lowest BCUT2D eigenvalue weighted by Crippen LogP contribution is -2.52. The number of piperazine rings is 1. The maximum Gasteiger partial charge on any atom is 0.255 e. The second kappa shape index (κ2) is 8.43. The topological polar surface area (TPSA) is 50.6 Å². The van der Waals surface area contributed by atoms with Crippen LogP contribution in [0, 0.1) is 13.8 Å². The summed E-state index contributed by atoms with van der Waals surface area (Å²) in [6, 6.07) is 12.9. The molecule has 1 aromatic carbocycles. The summed E-state index contributed by atoms with van der Waals surface area (Å²) in [5, 5.41) is 0. The number of methoxy groups -OCH3 is 1. The van der Waals surface area contributed by atoms with Gasteiger partial charge >= 0.3 is 0 Å². The minimum atomic E-state index is 0.0797. The molecular weight excluding hydrogens is 400 g/mol. The number of aromatic nitrogens is 2. The highest BCUT2D eigenvalue weighted by Gasteiger charge is 2.40. The van der Waals surface area contributed by atoms with E-state index in [1.165, 1.54) is 16.7 Å². The Morgan fingerprint density at radius 3 is 2.56 bits per heavy atom. The first kappa shape index (κ1) is 20.8. The van der Waals surface area contributed by atoms with Crippen LogP contribution in [0.25, 0.3) is 5.82 Å². The molecule has 32 heavy (non-hydrogen) atoms. The summed E-state index contributed by atoms with van der Waals surface area (Å²) in [7, 11) is 1.73. The van der Waals surface area contributed by atoms with Gasteiger partial charge in [0.2, 0.25) is 0 Å². The third-order valence-electron chi connectivity index (χ3n) is 7.21. The predicted molar refractivity (Wildman–Crippen MR) is 124 cm³/mol. The Hall–Kier alpha value is -3.12. The van der Waals surface area contributed by atoms with Crippen molar-refractivity contribution in [2.45, 2.75) is 38.8 Å². The van der Waals surface area contributed by atoms with Gasteiger partial charge in [0.25, 0.3) is 5.91 Å². The zero-order chi connectivity index (χ0) is 22.2. The van der Waals surface area contributed by atoms with Crippen LogP contribution in [0.1, 0.15) is 45.9 Å². The standard InChI is InChI=1S/C26H30N4O2/c1-18-19(2)24(32-3)10-8-22(18)23-9-7-21-17-29(14-15-30(21)23)26(31)20-6-11-25(27-16-20)28-12-4-5-13-28/h4-6,8,10-13,16,21,23H,7,9,14-15,17H2,1-3H3. The molecule has 2 aromatic heterocycles. The van der Waals surface area contributed by atoms with E-state index in [0.29, 0.717) is 17.6 Å². The van der Waals surface area contributed by atoms with E-state index >= 15 is 0 Å². The van der Waals surface area contributed by atoms with Crippen molar-refractivity contribution in [3.63, 3.8) is 0 Å². The lowest BCUT2D eigenvalue weighted by molar-refractivity contribution is 0.0497. The zero-order valence-corrected chi connectivity index (χ0v) is 19.0. The SMILES string of the molecule is COc1ccc(C2CCC3CN(C(=O)c4ccc(-n5cccc5)nc4)CCN32)c(C)c1C. The summed E-state index contributed by atoms with van der Waals surface area (Å²) in [5.74, 6) is 1.85. The van der Waals surface area contributed by atoms with Gasteiger partial charge in [-0.05, 0) is 73.7 Å². The molecule has 0 saturated carbocycles. The highest BCUT2D eigenvalue weighted by Crippen LogP contribution is 2.41. The summed E-state index contributed by atoms with van der Waals surface area (Å²) >= 11 is 0. The second-order valence-corrected chi connectivity index (χ2v) is 8.84. The number of fused-ring (bicyclic) bond motifs is 1. The number of ether oxygens (including phenoxy) is 1. The normalized spacial score (nSPS) is 20.9. The molecule has 2 fully saturated rings. The smallest absolute Gasteiger partial charge is 0.255 e. The number of amides is 1. The molecule has 0 N–H and O–H groups in total. The van der Waals surface area contributed by atoms with E-state index in [1.54, 1.807) is 13.3 Å². The van der Waals surface area contributed by atoms with Gasteiger partial charge in [-0.1, -0.05) is 6.07 Å². The monoisotopic (exact) mass is 430 g/mol. The van der Waals surface area contributed by atoms with Crippen molar-refractivity contribution >= 4 is 5.91 Å². The first-order valence-corrected chi connectivity index (χ1v) is 11.4. The van der Waals surface area contributed by atoms with Crippen LogP contribution in [-0.4, -0.2) is 58.0 Å². The highest BCUT2D eigenvalue weighted by atomic mass is 16.5. The number of rotatable bonds is 4. The van der Waals surface area contributed by atoms with Crippen LogP contribution >= 0.6 is 0 Å². The first-order valence-electron chi connectivity index (χ1n) is 11.4. The van der Waals surface area contributed by atoms with E-state index in [9.17, 15) is 4.79 Å². The number of hydrogen-bond acceptors (Lipinski definition) is 4. The van der Waals surface area contributed by atoms with Crippen LogP contribution in [0.5, 0.6) is 5.75 Å². The molecule has 2 unspecified atom stereocenters. The maximum atomic E-state index is 13.2. The Morgan fingerprint density at radius 1 is 1.03 bits per heavy atom. The largest absolute Gasteiger partial charge is 0.496 e. The van der Waals surface area contributed by atoms with Gasteiger partial charge in [0.05, 0.1) is 12.7 Å². The van der Waals surface area contributed by atoms with Crippen molar-refractivity contribution in [1.82, 2.24) is 19.4 Å². The van der Waals surface area contributed by atoms with Gasteiger partial charge in [-0.25, -0.2) is 4.98 Å². The fraction of sp³-hybridized carbons (Fsp3) is 0.385. The molecule has 0 bridgehead atoms. The van der Waals surface area contributed by atoms with E-state index in [-0.39, 0.29) is 5.91 Å². The molecule has 0 radical (unpaired) electrons. The van der Waals surface area contributed by atoms with Crippen molar-refractivity contribution in [1.29, 1.82) is 0 Å². The molecule has 3 aromatic rings. The third-order valence-corrected chi connectivity index (χ3v) is 7.21. The zero-order valence-electron chi connectivity index (χ0n) is 19.0. The quantitative estimate of drug-likeness (QED) is 0.624. The van der Waals surface area contributed by atoms with Crippen molar-refractivity contribution < 1.29 is 9.53 Å². The molecule has 6 heteroatoms. The first-order chi connectivity index (χ1) is 15.6. The summed E-state index contributed by atoms with van der Waals surface area (Å²) in [6.07, 6.45) is 7.85. The average Bonchev–Trinajstić information content (AvgIpc) is 3.50. The number of nitrogens with zero attached hydrogens (tertiary/aromatic N) is 4. The molecule has 5 rings (SSSR count). The van der Waals surface area contributed by atoms with Gasteiger partial charge in [0.15, 0.2) is 0 Å². The minimum absolute atomic E-state index is 0.0797. The van der Waals surface area contributed by atoms with Gasteiger partial charge in [-0.15, -0.1) is 0 Å². The van der Waals surface area contributed by atoms with Gasteiger partial charge in [0.1, 0.15) is 11.6 Å². The molecule has 6 nitrogen and oxygen atoms in total. The Balaban J connectivity index is 1.28. The number of benzene rings is 1. The van der Waals surface area contributed by atoms with Crippen LogP contribution in [0.3, 0.4) is 0 Å². The average molecular weight is 431 g/mol. The van der Waals surface area contributed by atoms with Crippen molar-refractivity contribution in [3.8, 4) is 11.6 Å². The van der Waals surface area contributed by atoms with Gasteiger partial charge in [0, 0.05) is 50.3 Å². The van der Waals surface area contributed by atoms with Crippen LogP contribution in [0.4, 0.5) is 0 Å². The molecule has 166 valence electrons. The molecule has 4 heterocycles. The summed E-state index contributed by atoms with van der Waals surface area (Å²) < 4.78 is 7.44. The summed E-state index contributed by atoms with van der Waals surface area (Å²) in [5.41, 5.74) is 4.60. The number of carbonyl (C=O) groups excluding carboxylic acids is 1. The Bertz CT molecular complexity index is 1110. The number of hydrogen-bond donors (Lipinski definition) is 0. The molecule has 0 aliphatic carbocycles. The van der Waals surface area contributed by atoms with Crippen LogP contribution in [-0.2, 0) is 0 Å². The summed E-state index contributed by atoms with van der Waals surface area (Å²) in [6.45, 7) is 6.77. The van der Waals surface area contributed by atoms with Crippen molar-refractivity contribution in [2.24, 2.45) is 0 Å². The van der Waals surface area contributed by atoms with E-state index in [0.717, 1.165) is 44.0 Å². The van der Waals surface area contributed by atoms with E-state index < -0.39 is 0 Å². The molecule has 2 aliphatic heterocycles. The predicted octanol–water partition coefficient (Wildman–Crippen LogP) is 4.16. The van der Waals surface area contributed by atoms with Crippen molar-refractivity contribution in [3.05, 3.63) is 77.2 Å². The minimum Gasteiger partial charge on any atom is -0.496 e. The molecular formula is C26H30N4O2. The fourth-order valence-corrected chi connectivity index (χ4v) is 5.31. The number of pyridine rings is 1. The molecule has 1 amide bonds. The highest BCUT2D eigenvalue weighted by molar-refractivity contribution is 5.94. The summed E-state index contributed by atoms with van der Waals surface area (Å²) in [4.78, 5) is 22.2. The van der Waals surface area contributed by atoms with Gasteiger partial charge < -0.3 is 14.2 Å². The van der Waals surface area contributed by atoms with Gasteiger partial charge in [-0.3, -0.25) is 9.69 Å². The lowest BCUT2D eigenvalue weighted by Gasteiger charge is -2.40. The third kappa shape index (κ3) is 3.58. The van der Waals surface area contributed by atoms with Gasteiger partial charge in [-0.2, -0.15) is 0 Å². The molecule has 2 saturated heterocycles. The molecule has 2 aliphatic rings. The Kier molecular flexibility index (Phi) is 5.47. The Labute approximate surface area is 189 Å². The van der Waals surface area contributed by atoms with E-state index in [1.807, 2.05) is 46.1 Å². The van der Waals surface area contributed by atoms with Crippen molar-refractivity contribution in [2.75, 3.05) is 26.7 Å². The Morgan fingerprint density at radius 2 is 1.84 bits per heavy atom. The maximum absolute atomic E-state index is 13.2. The lowest BCUT2D eigenvalue weighted by atomic mass is 9.95. The second-order valence-electron chi connectivity index (χ2n) is 8.84. The van der Waals surface area contributed by atoms with E-state index in [2.05, 4.69) is 35.9 Å². The molecule has 0 spiro atoms. The number of carbonyl (C=O) groups is 1. The fourth-order valence-electron chi connectivity index (χ4n) is 5.31. The van der Waals surface area contributed by atoms with E-state index in [4.69, 9.17) is 4.74 Å².